The van der Waals surface area contributed by atoms with Crippen LogP contribution in [0, 0.1) is 0 Å². The number of ether oxygens (including phenoxy) is 2. The van der Waals surface area contributed by atoms with Gasteiger partial charge in [-0.1, -0.05) is 297 Å². The lowest BCUT2D eigenvalue weighted by Crippen LogP contribution is -2.37. The van der Waals surface area contributed by atoms with Gasteiger partial charge in [0.1, 0.15) is 19.8 Å². The summed E-state index contributed by atoms with van der Waals surface area (Å²) in [6.45, 7) is 3.94. The SMILES string of the molecule is CC/C=C\C/C=C\C/C=C\C/C=C\C/C=C\C/C=C\C/C=C\C/C=C\C/C=C\C/C=C\C/C=C\CCCCCC(=O)OC(COC(=O)CCCCCCCCCCCCC/C=C\C/C=C\C/C=C\C/C=C\C/C=C\C/C=C\C/C=C\CC)COP(=O)([O-])OCC[N+](C)(C)C. The number of carbonyl (C=O) groups excluding carboxylic acids is 2. The van der Waals surface area contributed by atoms with E-state index in [2.05, 4.69) is 233 Å². The standard InChI is InChI=1S/C84H132NO8P/c1-6-8-10-12-14-16-18-20-22-24-26-28-30-32-34-36-38-40-41-42-43-45-47-49-51-53-55-57-59-61-63-65-67-69-71-73-75-77-84(87)93-82(81-92-94(88,89)91-79-78-85(3,4)5)80-90-83(86)76-74-72-70-68-66-64-62-60-58-56-54-52-50-48-46-44-39-37-35-33-31-29-27-25-23-21-19-17-15-13-11-9-7-2/h8-11,14-17,20-23,26-29,32-35,38-40,42-44,47-50,53,55,59,61,65,67,82H,6-7,12-13,18-19,24-25,30-31,36-37,41,45-46,51-52,54,56-58,60,62-64,66,68-81H2,1-5H3/b10-8-,11-9-,16-14-,17-15-,22-20-,23-21-,28-26-,29-27-,34-32-,35-33-,40-38-,43-42-,44-39-,49-47-,50-48-,55-53-,61-59-,67-65-. The molecule has 0 aromatic heterocycles. The number of esters is 2. The van der Waals surface area contributed by atoms with Gasteiger partial charge in [-0.2, -0.15) is 0 Å². The molecule has 0 rings (SSSR count). The van der Waals surface area contributed by atoms with Gasteiger partial charge in [-0.15, -0.1) is 0 Å². The fourth-order valence-corrected chi connectivity index (χ4v) is 9.72. The summed E-state index contributed by atoms with van der Waals surface area (Å²) in [5, 5.41) is 0. The molecule has 0 saturated carbocycles. The first-order chi connectivity index (χ1) is 46.0. The van der Waals surface area contributed by atoms with E-state index < -0.39 is 32.5 Å². The molecule has 0 saturated heterocycles. The van der Waals surface area contributed by atoms with Gasteiger partial charge >= 0.3 is 11.9 Å². The number of unbranched alkanes of at least 4 members (excludes halogenated alkanes) is 14. The molecule has 94 heavy (non-hydrogen) atoms. The van der Waals surface area contributed by atoms with Crippen LogP contribution in [0.3, 0.4) is 0 Å². The Morgan fingerprint density at radius 3 is 0.862 bits per heavy atom. The summed E-state index contributed by atoms with van der Waals surface area (Å²) in [5.74, 6) is -0.891. The van der Waals surface area contributed by atoms with Crippen molar-refractivity contribution in [3.63, 3.8) is 0 Å². The predicted octanol–water partition coefficient (Wildman–Crippen LogP) is 23.7. The highest BCUT2D eigenvalue weighted by molar-refractivity contribution is 7.45. The van der Waals surface area contributed by atoms with E-state index in [4.69, 9.17) is 18.5 Å². The number of phosphoric acid groups is 1. The van der Waals surface area contributed by atoms with E-state index in [1.54, 1.807) is 0 Å². The van der Waals surface area contributed by atoms with Crippen LogP contribution < -0.4 is 4.89 Å². The number of likely N-dealkylation sites (N-methyl/N-ethyl adjacent to an activating group) is 1. The Bertz CT molecular complexity index is 2390. The highest BCUT2D eigenvalue weighted by atomic mass is 31.2. The summed E-state index contributed by atoms with van der Waals surface area (Å²) in [7, 11) is 1.11. The zero-order chi connectivity index (χ0) is 68.3. The average Bonchev–Trinajstić information content (AvgIpc) is 1.56. The van der Waals surface area contributed by atoms with Crippen LogP contribution in [-0.4, -0.2) is 70.0 Å². The summed E-state index contributed by atoms with van der Waals surface area (Å²) in [6, 6.07) is 0. The molecule has 0 N–H and O–H groups in total. The number of nitrogens with zero attached hydrogens (tertiary/aromatic N) is 1. The lowest BCUT2D eigenvalue weighted by molar-refractivity contribution is -0.870. The van der Waals surface area contributed by atoms with Crippen LogP contribution in [0.5, 0.6) is 0 Å². The number of hydrogen-bond acceptors (Lipinski definition) is 8. The number of rotatable bonds is 64. The number of allylic oxidation sites excluding steroid dienone is 36. The Balaban J connectivity index is 4.21. The zero-order valence-corrected chi connectivity index (χ0v) is 60.7. The quantitative estimate of drug-likeness (QED) is 0.0195. The summed E-state index contributed by atoms with van der Waals surface area (Å²) in [4.78, 5) is 38.1. The van der Waals surface area contributed by atoms with Gasteiger partial charge in [-0.3, -0.25) is 14.2 Å². The lowest BCUT2D eigenvalue weighted by atomic mass is 10.0. The molecule has 0 radical (unpaired) electrons. The van der Waals surface area contributed by atoms with Crippen molar-refractivity contribution in [2.45, 2.75) is 251 Å². The molecule has 9 nitrogen and oxygen atoms in total. The van der Waals surface area contributed by atoms with Crippen LogP contribution in [0.25, 0.3) is 0 Å². The number of hydrogen-bond donors (Lipinski definition) is 0. The van der Waals surface area contributed by atoms with Crippen molar-refractivity contribution in [3.05, 3.63) is 219 Å². The summed E-state index contributed by atoms with van der Waals surface area (Å²) < 4.78 is 34.3. The molecule has 0 bridgehead atoms. The third-order valence-corrected chi connectivity index (χ3v) is 15.5. The van der Waals surface area contributed by atoms with Crippen LogP contribution in [0.1, 0.15) is 245 Å². The molecule has 0 amide bonds. The molecule has 0 aliphatic rings. The molecule has 0 heterocycles. The van der Waals surface area contributed by atoms with Crippen molar-refractivity contribution < 1.29 is 42.1 Å². The summed E-state index contributed by atoms with van der Waals surface area (Å²) >= 11 is 0. The van der Waals surface area contributed by atoms with Crippen LogP contribution in [0.2, 0.25) is 0 Å². The topological polar surface area (TPSA) is 111 Å². The van der Waals surface area contributed by atoms with E-state index in [0.29, 0.717) is 23.9 Å². The number of phosphoric ester groups is 1. The van der Waals surface area contributed by atoms with Crippen molar-refractivity contribution in [3.8, 4) is 0 Å². The minimum Gasteiger partial charge on any atom is -0.756 e. The van der Waals surface area contributed by atoms with Crippen molar-refractivity contribution in [1.82, 2.24) is 0 Å². The minimum absolute atomic E-state index is 0.0503. The highest BCUT2D eigenvalue weighted by Gasteiger charge is 2.22. The van der Waals surface area contributed by atoms with Gasteiger partial charge in [0.05, 0.1) is 27.7 Å². The molecule has 0 spiro atoms. The third kappa shape index (κ3) is 75.4. The van der Waals surface area contributed by atoms with Crippen molar-refractivity contribution in [2.75, 3.05) is 47.5 Å². The third-order valence-electron chi connectivity index (χ3n) is 14.5. The minimum atomic E-state index is -4.67. The monoisotopic (exact) mass is 1310 g/mol. The fraction of sp³-hybridized carbons (Fsp3) is 0.548. The molecule has 0 aliphatic heterocycles. The first-order valence-electron chi connectivity index (χ1n) is 36.4. The average molecular weight is 1310 g/mol. The van der Waals surface area contributed by atoms with Crippen molar-refractivity contribution >= 4 is 19.8 Å². The Kier molecular flexibility index (Phi) is 67.3. The Morgan fingerprint density at radius 2 is 0.574 bits per heavy atom. The molecular weight excluding hydrogens is 1180 g/mol. The van der Waals surface area contributed by atoms with Gasteiger partial charge in [-0.05, 0) is 154 Å². The second-order valence-electron chi connectivity index (χ2n) is 24.5. The summed E-state index contributed by atoms with van der Waals surface area (Å²) in [6.07, 6.45) is 114. The van der Waals surface area contributed by atoms with Crippen LogP contribution in [-0.2, 0) is 32.7 Å². The van der Waals surface area contributed by atoms with E-state index in [1.165, 1.54) is 44.9 Å². The van der Waals surface area contributed by atoms with E-state index >= 15 is 0 Å². The molecule has 2 unspecified atom stereocenters. The molecule has 0 aliphatic carbocycles. The zero-order valence-electron chi connectivity index (χ0n) is 59.8. The van der Waals surface area contributed by atoms with Crippen molar-refractivity contribution in [1.29, 1.82) is 0 Å². The smallest absolute Gasteiger partial charge is 0.306 e. The number of quaternary nitrogens is 1. The van der Waals surface area contributed by atoms with Gasteiger partial charge in [-0.25, -0.2) is 0 Å². The summed E-state index contributed by atoms with van der Waals surface area (Å²) in [5.41, 5.74) is 0. The maximum absolute atomic E-state index is 12.9. The largest absolute Gasteiger partial charge is 0.756 e. The number of carbonyl (C=O) groups is 2. The maximum Gasteiger partial charge on any atom is 0.306 e. The molecule has 0 aromatic rings. The molecule has 2 atom stereocenters. The Hall–Kier alpha value is -5.67. The first kappa shape index (κ1) is 88.3. The molecule has 0 aromatic carbocycles. The van der Waals surface area contributed by atoms with Crippen LogP contribution in [0.15, 0.2) is 219 Å². The van der Waals surface area contributed by atoms with Crippen LogP contribution >= 0.6 is 7.82 Å². The molecule has 526 valence electrons. The van der Waals surface area contributed by atoms with Gasteiger partial charge in [0.2, 0.25) is 0 Å². The predicted molar refractivity (Wildman–Crippen MR) is 405 cm³/mol. The van der Waals surface area contributed by atoms with E-state index in [1.807, 2.05) is 21.1 Å². The van der Waals surface area contributed by atoms with E-state index in [-0.39, 0.29) is 26.1 Å². The molecular formula is C84H132NO8P. The lowest BCUT2D eigenvalue weighted by Gasteiger charge is -2.28. The molecule has 10 heteroatoms. The van der Waals surface area contributed by atoms with E-state index in [0.717, 1.165) is 161 Å². The normalized spacial score (nSPS) is 14.4. The van der Waals surface area contributed by atoms with Gasteiger partial charge in [0, 0.05) is 12.8 Å². The van der Waals surface area contributed by atoms with Gasteiger partial charge < -0.3 is 27.9 Å². The Labute approximate surface area is 576 Å². The first-order valence-corrected chi connectivity index (χ1v) is 37.9. The Morgan fingerprint density at radius 1 is 0.330 bits per heavy atom. The fourth-order valence-electron chi connectivity index (χ4n) is 8.99. The highest BCUT2D eigenvalue weighted by Crippen LogP contribution is 2.38. The molecule has 0 fully saturated rings. The van der Waals surface area contributed by atoms with E-state index in [9.17, 15) is 19.0 Å². The van der Waals surface area contributed by atoms with Crippen molar-refractivity contribution in [2.24, 2.45) is 0 Å². The van der Waals surface area contributed by atoms with Gasteiger partial charge in [0.15, 0.2) is 6.10 Å². The van der Waals surface area contributed by atoms with Crippen LogP contribution in [0.4, 0.5) is 0 Å². The second-order valence-corrected chi connectivity index (χ2v) is 25.9. The second kappa shape index (κ2) is 71.6. The van der Waals surface area contributed by atoms with Gasteiger partial charge in [0.25, 0.3) is 7.82 Å². The maximum atomic E-state index is 12.9.